The highest BCUT2D eigenvalue weighted by Gasteiger charge is 2.08. The summed E-state index contributed by atoms with van der Waals surface area (Å²) in [7, 11) is 0. The second kappa shape index (κ2) is 3.51. The van der Waals surface area contributed by atoms with Crippen LogP contribution < -0.4 is 5.73 Å². The van der Waals surface area contributed by atoms with Crippen molar-refractivity contribution < 1.29 is 14.3 Å². The molecule has 1 unspecified atom stereocenters. The molecule has 1 aromatic heterocycles. The summed E-state index contributed by atoms with van der Waals surface area (Å²) in [5, 5.41) is 18.7. The standard InChI is InChI=1S/C8H12N2O2/c1-5-8(12)7(2-9)6(4-11)3-10-5/h3,11-12H,2,4,9H2,1H3/i2D,4D2. The molecule has 66 valence electrons. The summed E-state index contributed by atoms with van der Waals surface area (Å²) >= 11 is 0. The van der Waals surface area contributed by atoms with Crippen LogP contribution in [0.25, 0.3) is 0 Å². The van der Waals surface area contributed by atoms with Gasteiger partial charge in [0.25, 0.3) is 0 Å². The Morgan fingerprint density at radius 2 is 2.42 bits per heavy atom. The minimum atomic E-state index is -2.67. The molecule has 4 nitrogen and oxygen atoms in total. The second-order valence-corrected chi connectivity index (χ2v) is 2.30. The highest BCUT2D eigenvalue weighted by atomic mass is 16.3. The van der Waals surface area contributed by atoms with Gasteiger partial charge in [-0.15, -0.1) is 0 Å². The highest BCUT2D eigenvalue weighted by molar-refractivity contribution is 5.40. The maximum Gasteiger partial charge on any atom is 0.141 e. The Balaban J connectivity index is 3.47. The van der Waals surface area contributed by atoms with Crippen LogP contribution >= 0.6 is 0 Å². The van der Waals surface area contributed by atoms with E-state index in [1.807, 2.05) is 0 Å². The molecule has 0 aliphatic rings. The Labute approximate surface area is 74.9 Å². The topological polar surface area (TPSA) is 79.4 Å². The van der Waals surface area contributed by atoms with Gasteiger partial charge < -0.3 is 15.9 Å². The van der Waals surface area contributed by atoms with Gasteiger partial charge in [-0.25, -0.2) is 0 Å². The van der Waals surface area contributed by atoms with Crippen LogP contribution in [-0.4, -0.2) is 15.2 Å². The third kappa shape index (κ3) is 1.39. The van der Waals surface area contributed by atoms with Crippen molar-refractivity contribution in [1.29, 1.82) is 0 Å². The van der Waals surface area contributed by atoms with Gasteiger partial charge in [-0.2, -0.15) is 0 Å². The zero-order chi connectivity index (χ0) is 11.8. The molecule has 0 saturated heterocycles. The van der Waals surface area contributed by atoms with Crippen LogP contribution in [0.3, 0.4) is 0 Å². The summed E-state index contributed by atoms with van der Waals surface area (Å²) < 4.78 is 21.5. The average Bonchev–Trinajstić information content (AvgIpc) is 2.06. The number of rotatable bonds is 2. The van der Waals surface area contributed by atoms with Crippen LogP contribution in [0, 0.1) is 6.92 Å². The zero-order valence-electron chi connectivity index (χ0n) is 9.57. The van der Waals surface area contributed by atoms with Crippen LogP contribution in [0.15, 0.2) is 6.20 Å². The SMILES string of the molecule is [2H]C(N)c1c(C([2H])([2H])O)cnc(C)c1O. The van der Waals surface area contributed by atoms with Crippen molar-refractivity contribution in [3.8, 4) is 5.75 Å². The lowest BCUT2D eigenvalue weighted by Crippen LogP contribution is -2.04. The summed E-state index contributed by atoms with van der Waals surface area (Å²) in [4.78, 5) is 3.70. The van der Waals surface area contributed by atoms with Crippen molar-refractivity contribution in [3.63, 3.8) is 0 Å². The van der Waals surface area contributed by atoms with Gasteiger partial charge in [0.05, 0.1) is 15.0 Å². The number of aryl methyl sites for hydroxylation is 1. The Hall–Kier alpha value is -1.13. The molecule has 12 heavy (non-hydrogen) atoms. The highest BCUT2D eigenvalue weighted by Crippen LogP contribution is 2.22. The Morgan fingerprint density at radius 3 is 2.92 bits per heavy atom. The molecule has 0 aromatic carbocycles. The largest absolute Gasteiger partial charge is 0.506 e. The number of aromatic hydroxyl groups is 1. The van der Waals surface area contributed by atoms with Crippen molar-refractivity contribution in [1.82, 2.24) is 4.98 Å². The molecule has 0 spiro atoms. The van der Waals surface area contributed by atoms with E-state index < -0.39 is 13.1 Å². The van der Waals surface area contributed by atoms with Crippen molar-refractivity contribution in [2.75, 3.05) is 0 Å². The van der Waals surface area contributed by atoms with Gasteiger partial charge in [0, 0.05) is 25.2 Å². The third-order valence-electron chi connectivity index (χ3n) is 1.56. The second-order valence-electron chi connectivity index (χ2n) is 2.30. The molecule has 1 rings (SSSR count). The van der Waals surface area contributed by atoms with Crippen LogP contribution in [0.4, 0.5) is 0 Å². The van der Waals surface area contributed by atoms with Gasteiger partial charge in [0.1, 0.15) is 5.75 Å². The molecule has 1 heterocycles. The predicted molar refractivity (Wildman–Crippen MR) is 44.5 cm³/mol. The summed E-state index contributed by atoms with van der Waals surface area (Å²) in [6.07, 6.45) is 1.07. The molecule has 0 radical (unpaired) electrons. The molecule has 1 atom stereocenters. The van der Waals surface area contributed by atoms with E-state index in [1.165, 1.54) is 6.92 Å². The molecule has 1 aromatic rings. The molecule has 0 aliphatic carbocycles. The first-order valence-electron chi connectivity index (χ1n) is 4.92. The van der Waals surface area contributed by atoms with E-state index in [0.29, 0.717) is 0 Å². The molecule has 4 N–H and O–H groups in total. The van der Waals surface area contributed by atoms with E-state index in [1.54, 1.807) is 0 Å². The lowest BCUT2D eigenvalue weighted by atomic mass is 10.1. The average molecular weight is 171 g/mol. The van der Waals surface area contributed by atoms with E-state index in [0.717, 1.165) is 6.20 Å². The monoisotopic (exact) mass is 171 g/mol. The van der Waals surface area contributed by atoms with Gasteiger partial charge in [-0.1, -0.05) is 0 Å². The fourth-order valence-electron chi connectivity index (χ4n) is 0.872. The van der Waals surface area contributed by atoms with Crippen LogP contribution in [0.5, 0.6) is 5.75 Å². The first kappa shape index (κ1) is 5.50. The molecular weight excluding hydrogens is 156 g/mol. The van der Waals surface area contributed by atoms with E-state index in [9.17, 15) is 10.2 Å². The Kier molecular flexibility index (Phi) is 1.61. The lowest BCUT2D eigenvalue weighted by molar-refractivity contribution is 0.279. The zero-order valence-corrected chi connectivity index (χ0v) is 6.57. The first-order valence-corrected chi connectivity index (χ1v) is 3.34. The third-order valence-corrected chi connectivity index (χ3v) is 1.56. The van der Waals surface area contributed by atoms with Crippen LogP contribution in [0.1, 0.15) is 20.9 Å². The summed E-state index contributed by atoms with van der Waals surface area (Å²) in [6, 6.07) is 0. The fourth-order valence-corrected chi connectivity index (χ4v) is 0.872. The van der Waals surface area contributed by atoms with Gasteiger partial charge in [0.15, 0.2) is 0 Å². The molecule has 0 amide bonds. The molecule has 0 fully saturated rings. The normalized spacial score (nSPS) is 17.8. The van der Waals surface area contributed by atoms with Crippen LogP contribution in [-0.2, 0) is 13.1 Å². The number of aromatic nitrogens is 1. The van der Waals surface area contributed by atoms with Gasteiger partial charge in [-0.05, 0) is 6.92 Å². The van der Waals surface area contributed by atoms with E-state index in [-0.39, 0.29) is 22.6 Å². The van der Waals surface area contributed by atoms with E-state index in [4.69, 9.17) is 9.85 Å². The molecular formula is C8H12N2O2. The number of hydrogen-bond acceptors (Lipinski definition) is 4. The molecule has 0 bridgehead atoms. The maximum absolute atomic E-state index is 9.57. The minimum Gasteiger partial charge on any atom is -0.506 e. The number of nitrogens with zero attached hydrogens (tertiary/aromatic N) is 1. The minimum absolute atomic E-state index is 0.144. The van der Waals surface area contributed by atoms with Crippen LogP contribution in [0.2, 0.25) is 0 Å². The fraction of sp³-hybridized carbons (Fsp3) is 0.375. The number of nitrogens with two attached hydrogens (primary N) is 1. The van der Waals surface area contributed by atoms with E-state index >= 15 is 0 Å². The summed E-state index contributed by atoms with van der Waals surface area (Å²) in [5.41, 5.74) is 5.09. The number of hydrogen-bond donors (Lipinski definition) is 3. The summed E-state index contributed by atoms with van der Waals surface area (Å²) in [6.45, 7) is -2.51. The molecule has 4 heteroatoms. The number of pyridine rings is 1. The smallest absolute Gasteiger partial charge is 0.141 e. The van der Waals surface area contributed by atoms with E-state index in [2.05, 4.69) is 4.98 Å². The quantitative estimate of drug-likeness (QED) is 0.587. The van der Waals surface area contributed by atoms with Gasteiger partial charge in [0.2, 0.25) is 0 Å². The predicted octanol–water partition coefficient (Wildman–Crippen LogP) is 0.0466. The molecule has 0 aliphatic heterocycles. The maximum atomic E-state index is 9.57. The van der Waals surface area contributed by atoms with Crippen molar-refractivity contribution in [2.45, 2.75) is 20.0 Å². The van der Waals surface area contributed by atoms with Gasteiger partial charge >= 0.3 is 0 Å². The summed E-state index contributed by atoms with van der Waals surface area (Å²) in [5.74, 6) is -0.354. The lowest BCUT2D eigenvalue weighted by Gasteiger charge is -2.08. The first-order chi connectivity index (χ1) is 6.75. The van der Waals surface area contributed by atoms with Crippen molar-refractivity contribution >= 4 is 0 Å². The number of aliphatic hydroxyl groups is 1. The molecule has 0 saturated carbocycles. The Bertz CT molecular complexity index is 377. The van der Waals surface area contributed by atoms with Gasteiger partial charge in [-0.3, -0.25) is 4.98 Å². The van der Waals surface area contributed by atoms with Crippen molar-refractivity contribution in [3.05, 3.63) is 23.0 Å². The van der Waals surface area contributed by atoms with Crippen molar-refractivity contribution in [2.24, 2.45) is 5.73 Å². The Morgan fingerprint density at radius 1 is 1.75 bits per heavy atom.